The van der Waals surface area contributed by atoms with Crippen molar-refractivity contribution in [1.29, 1.82) is 0 Å². The average molecular weight is 371 g/mol. The molecule has 7 heteroatoms. The van der Waals surface area contributed by atoms with Gasteiger partial charge in [-0.1, -0.05) is 11.6 Å². The summed E-state index contributed by atoms with van der Waals surface area (Å²) in [6, 6.07) is 3.85. The number of benzene rings is 2. The molecule has 1 aliphatic carbocycles. The maximum absolute atomic E-state index is 12.9. The number of hydrogen-bond acceptors (Lipinski definition) is 6. The third-order valence-electron chi connectivity index (χ3n) is 4.48. The van der Waals surface area contributed by atoms with Crippen molar-refractivity contribution in [2.24, 2.45) is 0 Å². The first-order valence-corrected chi connectivity index (χ1v) is 8.02. The Morgan fingerprint density at radius 1 is 0.885 bits per heavy atom. The van der Waals surface area contributed by atoms with E-state index in [0.717, 1.165) is 0 Å². The highest BCUT2D eigenvalue weighted by Gasteiger charge is 2.37. The Labute approximate surface area is 151 Å². The van der Waals surface area contributed by atoms with Gasteiger partial charge in [0.25, 0.3) is 0 Å². The molecular formula is C19H11ClO6. The summed E-state index contributed by atoms with van der Waals surface area (Å²) < 4.78 is 5.43. The maximum Gasteiger partial charge on any atom is 0.202 e. The highest BCUT2D eigenvalue weighted by molar-refractivity contribution is 6.37. The second-order valence-electron chi connectivity index (χ2n) is 6.18. The minimum absolute atomic E-state index is 0.00533. The fourth-order valence-corrected chi connectivity index (χ4v) is 3.44. The van der Waals surface area contributed by atoms with Crippen LogP contribution in [0.5, 0.6) is 11.5 Å². The van der Waals surface area contributed by atoms with Gasteiger partial charge >= 0.3 is 0 Å². The SMILES string of the molecule is Cc1cc(=O)c2c(O)c3c(cc2o1)C(=O)c1cc(C)c(Cl)c(O)c1C3=O. The van der Waals surface area contributed by atoms with Crippen LogP contribution in [0, 0.1) is 13.8 Å². The van der Waals surface area contributed by atoms with Crippen molar-refractivity contribution in [3.8, 4) is 11.5 Å². The Kier molecular flexibility index (Phi) is 3.26. The first-order chi connectivity index (χ1) is 12.2. The van der Waals surface area contributed by atoms with Gasteiger partial charge in [-0.2, -0.15) is 0 Å². The predicted octanol–water partition coefficient (Wildman–Crippen LogP) is 3.25. The molecule has 0 atom stereocenters. The Bertz CT molecular complexity index is 1240. The maximum atomic E-state index is 12.9. The van der Waals surface area contributed by atoms with E-state index in [2.05, 4.69) is 0 Å². The van der Waals surface area contributed by atoms with E-state index < -0.39 is 28.5 Å². The number of halogens is 1. The Hall–Kier alpha value is -3.12. The molecule has 26 heavy (non-hydrogen) atoms. The molecule has 0 spiro atoms. The summed E-state index contributed by atoms with van der Waals surface area (Å²) in [4.78, 5) is 38.0. The lowest BCUT2D eigenvalue weighted by Gasteiger charge is -2.21. The molecule has 0 saturated carbocycles. The lowest BCUT2D eigenvalue weighted by atomic mass is 9.81. The van der Waals surface area contributed by atoms with E-state index >= 15 is 0 Å². The molecular weight excluding hydrogens is 360 g/mol. The zero-order valence-electron chi connectivity index (χ0n) is 13.6. The number of rotatable bonds is 0. The van der Waals surface area contributed by atoms with Gasteiger partial charge in [0, 0.05) is 17.2 Å². The molecule has 1 aliphatic rings. The van der Waals surface area contributed by atoms with Gasteiger partial charge in [0.1, 0.15) is 28.2 Å². The van der Waals surface area contributed by atoms with E-state index in [-0.39, 0.29) is 38.2 Å². The van der Waals surface area contributed by atoms with Crippen LogP contribution in [0.1, 0.15) is 43.2 Å². The van der Waals surface area contributed by atoms with Crippen molar-refractivity contribution >= 4 is 34.1 Å². The molecule has 1 heterocycles. The lowest BCUT2D eigenvalue weighted by Crippen LogP contribution is -2.22. The van der Waals surface area contributed by atoms with E-state index in [1.165, 1.54) is 18.2 Å². The molecule has 6 nitrogen and oxygen atoms in total. The molecule has 0 radical (unpaired) electrons. The van der Waals surface area contributed by atoms with Crippen molar-refractivity contribution < 1.29 is 24.2 Å². The predicted molar refractivity (Wildman–Crippen MR) is 93.6 cm³/mol. The van der Waals surface area contributed by atoms with Crippen molar-refractivity contribution in [2.45, 2.75) is 13.8 Å². The van der Waals surface area contributed by atoms with Crippen LogP contribution < -0.4 is 5.43 Å². The zero-order valence-corrected chi connectivity index (χ0v) is 14.4. The van der Waals surface area contributed by atoms with Crippen LogP contribution in [0.15, 0.2) is 27.4 Å². The molecule has 0 bridgehead atoms. The van der Waals surface area contributed by atoms with E-state index in [0.29, 0.717) is 11.3 Å². The molecule has 0 saturated heterocycles. The van der Waals surface area contributed by atoms with Crippen molar-refractivity contribution in [1.82, 2.24) is 0 Å². The number of aryl methyl sites for hydroxylation is 2. The molecule has 3 aromatic rings. The lowest BCUT2D eigenvalue weighted by molar-refractivity contribution is 0.0974. The fraction of sp³-hybridized carbons (Fsp3) is 0.105. The number of phenols is 2. The van der Waals surface area contributed by atoms with Crippen LogP contribution >= 0.6 is 11.6 Å². The molecule has 2 N–H and O–H groups in total. The number of carbonyl (C=O) groups excluding carboxylic acids is 2. The average Bonchev–Trinajstić information content (AvgIpc) is 2.56. The van der Waals surface area contributed by atoms with E-state index in [4.69, 9.17) is 16.0 Å². The highest BCUT2D eigenvalue weighted by Crippen LogP contribution is 2.42. The molecule has 2 aromatic carbocycles. The molecule has 0 fully saturated rings. The van der Waals surface area contributed by atoms with Crippen LogP contribution in [0.4, 0.5) is 0 Å². The third kappa shape index (κ3) is 1.96. The van der Waals surface area contributed by atoms with Gasteiger partial charge in [-0.25, -0.2) is 0 Å². The summed E-state index contributed by atoms with van der Waals surface area (Å²) in [5.74, 6) is -2.23. The summed E-state index contributed by atoms with van der Waals surface area (Å²) in [5.41, 5.74) is -0.851. The van der Waals surface area contributed by atoms with Crippen LogP contribution in [0.2, 0.25) is 5.02 Å². The van der Waals surface area contributed by atoms with Crippen molar-refractivity contribution in [2.75, 3.05) is 0 Å². The van der Waals surface area contributed by atoms with Gasteiger partial charge in [0.15, 0.2) is 11.2 Å². The summed E-state index contributed by atoms with van der Waals surface area (Å²) in [7, 11) is 0. The summed E-state index contributed by atoms with van der Waals surface area (Å²) in [6.07, 6.45) is 0. The topological polar surface area (TPSA) is 105 Å². The number of hydrogen-bond donors (Lipinski definition) is 2. The molecule has 4 rings (SSSR count). The molecule has 0 amide bonds. The van der Waals surface area contributed by atoms with Gasteiger partial charge in [0.2, 0.25) is 5.78 Å². The third-order valence-corrected chi connectivity index (χ3v) is 4.96. The normalized spacial score (nSPS) is 13.0. The van der Waals surface area contributed by atoms with Gasteiger partial charge in [-0.05, 0) is 31.5 Å². The largest absolute Gasteiger partial charge is 0.506 e. The Morgan fingerprint density at radius 2 is 1.50 bits per heavy atom. The second-order valence-corrected chi connectivity index (χ2v) is 6.56. The van der Waals surface area contributed by atoms with E-state index in [1.807, 2.05) is 0 Å². The number of ketones is 2. The van der Waals surface area contributed by atoms with E-state index in [1.54, 1.807) is 13.8 Å². The first-order valence-electron chi connectivity index (χ1n) is 7.64. The van der Waals surface area contributed by atoms with Gasteiger partial charge < -0.3 is 14.6 Å². The number of carbonyl (C=O) groups is 2. The van der Waals surface area contributed by atoms with Gasteiger partial charge in [0.05, 0.1) is 16.1 Å². The van der Waals surface area contributed by atoms with Crippen molar-refractivity contribution in [3.05, 3.63) is 67.0 Å². The fourth-order valence-electron chi connectivity index (χ4n) is 3.29. The molecule has 0 unspecified atom stereocenters. The minimum atomic E-state index is -0.784. The van der Waals surface area contributed by atoms with Crippen LogP contribution in [0.25, 0.3) is 11.0 Å². The summed E-state index contributed by atoms with van der Waals surface area (Å²) in [6.45, 7) is 3.15. The summed E-state index contributed by atoms with van der Waals surface area (Å²) in [5, 5.41) is 20.6. The first kappa shape index (κ1) is 16.4. The molecule has 130 valence electrons. The Morgan fingerprint density at radius 3 is 2.19 bits per heavy atom. The van der Waals surface area contributed by atoms with Crippen molar-refractivity contribution in [3.63, 3.8) is 0 Å². The quantitative estimate of drug-likeness (QED) is 0.492. The monoisotopic (exact) mass is 370 g/mol. The highest BCUT2D eigenvalue weighted by atomic mass is 35.5. The zero-order chi connectivity index (χ0) is 18.9. The smallest absolute Gasteiger partial charge is 0.202 e. The van der Waals surface area contributed by atoms with Crippen LogP contribution in [0.3, 0.4) is 0 Å². The van der Waals surface area contributed by atoms with Gasteiger partial charge in [-0.3, -0.25) is 14.4 Å². The van der Waals surface area contributed by atoms with E-state index in [9.17, 15) is 24.6 Å². The van der Waals surface area contributed by atoms with Crippen LogP contribution in [-0.4, -0.2) is 21.8 Å². The standard InChI is InChI=1S/C19H11ClO6/c1-6-3-8-13(19(25)15(6)20)17(23)12-9(16(8)22)5-11-14(18(12)24)10(21)4-7(2)26-11/h3-5,24-25H,1-2H3. The molecule has 1 aromatic heterocycles. The number of phenolic OH excluding ortho intramolecular Hbond substituents is 2. The number of aromatic hydroxyl groups is 2. The summed E-state index contributed by atoms with van der Waals surface area (Å²) >= 11 is 5.99. The van der Waals surface area contributed by atoms with Crippen LogP contribution in [-0.2, 0) is 0 Å². The Balaban J connectivity index is 2.16. The number of fused-ring (bicyclic) bond motifs is 3. The second kappa shape index (κ2) is 5.19. The molecule has 0 aliphatic heterocycles. The van der Waals surface area contributed by atoms with Gasteiger partial charge in [-0.15, -0.1) is 0 Å². The minimum Gasteiger partial charge on any atom is -0.506 e.